The third kappa shape index (κ3) is 3.39. The lowest BCUT2D eigenvalue weighted by atomic mass is 9.94. The zero-order chi connectivity index (χ0) is 15.4. The molecular formula is C15H18N2O2S2. The third-order valence-corrected chi connectivity index (χ3v) is 4.33. The van der Waals surface area contributed by atoms with Crippen molar-refractivity contribution >= 4 is 35.1 Å². The van der Waals surface area contributed by atoms with Crippen molar-refractivity contribution in [3.63, 3.8) is 0 Å². The quantitative estimate of drug-likeness (QED) is 0.505. The van der Waals surface area contributed by atoms with Gasteiger partial charge in [-0.3, -0.25) is 0 Å². The molecule has 1 aromatic rings. The summed E-state index contributed by atoms with van der Waals surface area (Å²) in [6.07, 6.45) is 2.72. The minimum Gasteiger partial charge on any atom is -0.466 e. The number of carbonyl (C=O) groups excluding carboxylic acids is 1. The number of hydrogen-bond donors (Lipinski definition) is 2. The molecule has 1 aliphatic heterocycles. The molecule has 1 unspecified atom stereocenters. The Bertz CT molecular complexity index is 582. The molecule has 2 N–H and O–H groups in total. The van der Waals surface area contributed by atoms with E-state index in [4.69, 9.17) is 17.0 Å². The number of hydrogen-bond acceptors (Lipinski definition) is 4. The van der Waals surface area contributed by atoms with Crippen molar-refractivity contribution in [2.75, 3.05) is 13.4 Å². The van der Waals surface area contributed by atoms with Crippen LogP contribution in [0.1, 0.15) is 24.9 Å². The van der Waals surface area contributed by atoms with Gasteiger partial charge in [0.15, 0.2) is 5.11 Å². The number of rotatable bonds is 4. The van der Waals surface area contributed by atoms with Crippen molar-refractivity contribution in [3.05, 3.63) is 41.1 Å². The van der Waals surface area contributed by atoms with Gasteiger partial charge in [-0.25, -0.2) is 4.79 Å². The number of ether oxygens (including phenoxy) is 1. The van der Waals surface area contributed by atoms with E-state index in [1.54, 1.807) is 11.8 Å². The van der Waals surface area contributed by atoms with E-state index < -0.39 is 0 Å². The summed E-state index contributed by atoms with van der Waals surface area (Å²) >= 11 is 6.92. The number of benzene rings is 1. The highest BCUT2D eigenvalue weighted by Crippen LogP contribution is 2.29. The Morgan fingerprint density at radius 2 is 2.05 bits per heavy atom. The smallest absolute Gasteiger partial charge is 0.337 e. The number of methoxy groups -OCH3 is 1. The van der Waals surface area contributed by atoms with E-state index in [0.717, 1.165) is 11.3 Å². The van der Waals surface area contributed by atoms with E-state index in [9.17, 15) is 4.79 Å². The topological polar surface area (TPSA) is 50.4 Å². The first-order valence-electron chi connectivity index (χ1n) is 6.63. The molecule has 21 heavy (non-hydrogen) atoms. The molecule has 1 aromatic carbocycles. The van der Waals surface area contributed by atoms with Gasteiger partial charge in [0.25, 0.3) is 0 Å². The van der Waals surface area contributed by atoms with Crippen LogP contribution in [0, 0.1) is 0 Å². The molecule has 0 amide bonds. The Kier molecular flexibility index (Phi) is 5.25. The molecule has 2 rings (SSSR count). The Morgan fingerprint density at radius 1 is 1.38 bits per heavy atom. The first-order valence-corrected chi connectivity index (χ1v) is 8.26. The molecule has 1 atom stereocenters. The minimum absolute atomic E-state index is 0.281. The van der Waals surface area contributed by atoms with Crippen molar-refractivity contribution in [2.24, 2.45) is 0 Å². The van der Waals surface area contributed by atoms with E-state index >= 15 is 0 Å². The average molecular weight is 322 g/mol. The molecule has 0 saturated carbocycles. The van der Waals surface area contributed by atoms with Crippen LogP contribution in [0.5, 0.6) is 0 Å². The largest absolute Gasteiger partial charge is 0.466 e. The predicted molar refractivity (Wildman–Crippen MR) is 89.2 cm³/mol. The van der Waals surface area contributed by atoms with E-state index in [0.29, 0.717) is 17.1 Å². The molecule has 0 aliphatic carbocycles. The SMILES string of the molecule is CCC1=C(C(=O)OC)C(c2ccc(SC)cc2)NC(=S)N1. The summed E-state index contributed by atoms with van der Waals surface area (Å²) in [4.78, 5) is 13.3. The van der Waals surface area contributed by atoms with Gasteiger partial charge in [0.1, 0.15) is 0 Å². The second kappa shape index (κ2) is 6.95. The maximum Gasteiger partial charge on any atom is 0.337 e. The first-order chi connectivity index (χ1) is 10.1. The molecule has 112 valence electrons. The molecule has 0 bridgehead atoms. The number of thioether (sulfide) groups is 1. The van der Waals surface area contributed by atoms with Gasteiger partial charge in [-0.05, 0) is 42.6 Å². The molecule has 0 fully saturated rings. The van der Waals surface area contributed by atoms with Crippen LogP contribution in [0.2, 0.25) is 0 Å². The van der Waals surface area contributed by atoms with Crippen LogP contribution in [0.3, 0.4) is 0 Å². The fourth-order valence-electron chi connectivity index (χ4n) is 2.29. The van der Waals surface area contributed by atoms with Gasteiger partial charge >= 0.3 is 5.97 Å². The van der Waals surface area contributed by atoms with Crippen LogP contribution in [-0.2, 0) is 9.53 Å². The van der Waals surface area contributed by atoms with Gasteiger partial charge in [0, 0.05) is 10.6 Å². The highest BCUT2D eigenvalue weighted by atomic mass is 32.2. The van der Waals surface area contributed by atoms with Crippen molar-refractivity contribution in [3.8, 4) is 0 Å². The molecule has 6 heteroatoms. The zero-order valence-corrected chi connectivity index (χ0v) is 13.9. The summed E-state index contributed by atoms with van der Waals surface area (Å²) in [5.41, 5.74) is 2.39. The molecule has 1 aliphatic rings. The molecule has 1 heterocycles. The summed E-state index contributed by atoms with van der Waals surface area (Å²) in [5, 5.41) is 6.73. The van der Waals surface area contributed by atoms with E-state index in [2.05, 4.69) is 10.6 Å². The van der Waals surface area contributed by atoms with E-state index in [1.165, 1.54) is 12.0 Å². The van der Waals surface area contributed by atoms with Crippen molar-refractivity contribution in [1.82, 2.24) is 10.6 Å². The van der Waals surface area contributed by atoms with Crippen molar-refractivity contribution in [2.45, 2.75) is 24.3 Å². The highest BCUT2D eigenvalue weighted by Gasteiger charge is 2.31. The second-order valence-corrected chi connectivity index (χ2v) is 5.83. The average Bonchev–Trinajstić information content (AvgIpc) is 2.53. The molecule has 4 nitrogen and oxygen atoms in total. The molecule has 0 radical (unpaired) electrons. The third-order valence-electron chi connectivity index (χ3n) is 3.36. The van der Waals surface area contributed by atoms with Crippen LogP contribution in [0.4, 0.5) is 0 Å². The Labute approximate surface area is 134 Å². The predicted octanol–water partition coefficient (Wildman–Crippen LogP) is 2.76. The molecule has 0 saturated heterocycles. The molecule has 0 spiro atoms. The van der Waals surface area contributed by atoms with E-state index in [1.807, 2.05) is 37.4 Å². The van der Waals surface area contributed by atoms with Gasteiger partial charge in [-0.15, -0.1) is 11.8 Å². The van der Waals surface area contributed by atoms with Gasteiger partial charge in [-0.1, -0.05) is 19.1 Å². The fraction of sp³-hybridized carbons (Fsp3) is 0.333. The maximum absolute atomic E-state index is 12.1. The zero-order valence-electron chi connectivity index (χ0n) is 12.2. The summed E-state index contributed by atoms with van der Waals surface area (Å²) in [5.74, 6) is -0.340. The van der Waals surface area contributed by atoms with Crippen LogP contribution in [0.15, 0.2) is 40.4 Å². The molecular weight excluding hydrogens is 304 g/mol. The summed E-state index contributed by atoms with van der Waals surface area (Å²) in [6.45, 7) is 1.98. The number of esters is 1. The lowest BCUT2D eigenvalue weighted by molar-refractivity contribution is -0.136. The standard InChI is InChI=1S/C15H18N2O2S2/c1-4-11-12(14(18)19-2)13(17-15(20)16-11)9-5-7-10(21-3)8-6-9/h5-8,13H,4H2,1-3H3,(H2,16,17,20). The monoisotopic (exact) mass is 322 g/mol. The van der Waals surface area contributed by atoms with Gasteiger partial charge in [0.05, 0.1) is 18.7 Å². The number of nitrogens with one attached hydrogen (secondary N) is 2. The van der Waals surface area contributed by atoms with Crippen molar-refractivity contribution in [1.29, 1.82) is 0 Å². The second-order valence-electron chi connectivity index (χ2n) is 4.54. The Balaban J connectivity index is 2.46. The maximum atomic E-state index is 12.1. The summed E-state index contributed by atoms with van der Waals surface area (Å²) < 4.78 is 4.93. The lowest BCUT2D eigenvalue weighted by Gasteiger charge is -2.30. The normalized spacial score (nSPS) is 18.0. The van der Waals surface area contributed by atoms with Crippen molar-refractivity contribution < 1.29 is 9.53 Å². The van der Waals surface area contributed by atoms with Gasteiger partial charge in [0.2, 0.25) is 0 Å². The Morgan fingerprint density at radius 3 is 2.57 bits per heavy atom. The Hall–Kier alpha value is -1.53. The first kappa shape index (κ1) is 15.9. The van der Waals surface area contributed by atoms with Crippen LogP contribution >= 0.6 is 24.0 Å². The van der Waals surface area contributed by atoms with Crippen LogP contribution in [0.25, 0.3) is 0 Å². The minimum atomic E-state index is -0.340. The van der Waals surface area contributed by atoms with Crippen LogP contribution < -0.4 is 10.6 Å². The highest BCUT2D eigenvalue weighted by molar-refractivity contribution is 7.98. The number of carbonyl (C=O) groups is 1. The van der Waals surface area contributed by atoms with E-state index in [-0.39, 0.29) is 12.0 Å². The summed E-state index contributed by atoms with van der Waals surface area (Å²) in [6, 6.07) is 7.80. The summed E-state index contributed by atoms with van der Waals surface area (Å²) in [7, 11) is 1.39. The fourth-order valence-corrected chi connectivity index (χ4v) is 2.94. The number of thiocarbonyl (C=S) groups is 1. The van der Waals surface area contributed by atoms with Gasteiger partial charge in [-0.2, -0.15) is 0 Å². The molecule has 0 aromatic heterocycles. The van der Waals surface area contributed by atoms with Crippen LogP contribution in [-0.4, -0.2) is 24.4 Å². The number of allylic oxidation sites excluding steroid dienone is 1. The van der Waals surface area contributed by atoms with Gasteiger partial charge < -0.3 is 15.4 Å². The lowest BCUT2D eigenvalue weighted by Crippen LogP contribution is -2.45.